The number of carbonyl (C=O) groups is 2. The molecular weight excluding hydrogens is 344 g/mol. The lowest BCUT2D eigenvalue weighted by molar-refractivity contribution is -0.131. The third kappa shape index (κ3) is 3.86. The van der Waals surface area contributed by atoms with Crippen LogP contribution in [0.5, 0.6) is 0 Å². The number of carbonyl (C=O) groups excluding carboxylic acids is 2. The van der Waals surface area contributed by atoms with Crippen LogP contribution in [0, 0.1) is 20.8 Å². The van der Waals surface area contributed by atoms with E-state index in [0.717, 1.165) is 29.5 Å². The highest BCUT2D eigenvalue weighted by atomic mass is 16.5. The normalized spacial score (nSPS) is 16.6. The van der Waals surface area contributed by atoms with E-state index in [1.165, 1.54) is 5.56 Å². The van der Waals surface area contributed by atoms with E-state index in [2.05, 4.69) is 34.5 Å². The Hall–Kier alpha value is -2.70. The predicted octanol–water partition coefficient (Wildman–Crippen LogP) is 2.81. The number of nitrogens with zero attached hydrogens (tertiary/aromatic N) is 3. The number of esters is 1. The minimum absolute atomic E-state index is 0.0466. The highest BCUT2D eigenvalue weighted by Gasteiger charge is 2.35. The molecule has 0 spiro atoms. The van der Waals surface area contributed by atoms with Crippen LogP contribution in [0.4, 0.5) is 0 Å². The van der Waals surface area contributed by atoms with Crippen LogP contribution in [0.15, 0.2) is 12.1 Å². The Morgan fingerprint density at radius 3 is 2.59 bits per heavy atom. The summed E-state index contributed by atoms with van der Waals surface area (Å²) in [4.78, 5) is 27.0. The van der Waals surface area contributed by atoms with E-state index in [9.17, 15) is 9.59 Å². The second kappa shape index (κ2) is 7.90. The fourth-order valence-electron chi connectivity index (χ4n) is 3.91. The number of nitrogens with one attached hydrogen (secondary N) is 1. The first-order valence-electron chi connectivity index (χ1n) is 9.36. The summed E-state index contributed by atoms with van der Waals surface area (Å²) in [6, 6.07) is 3.96. The van der Waals surface area contributed by atoms with Crippen LogP contribution in [-0.4, -0.2) is 45.3 Å². The molecule has 1 aliphatic rings. The molecule has 1 saturated heterocycles. The predicted molar refractivity (Wildman–Crippen MR) is 100 cm³/mol. The fourth-order valence-corrected chi connectivity index (χ4v) is 3.91. The minimum atomic E-state index is -0.509. The van der Waals surface area contributed by atoms with Gasteiger partial charge in [0.05, 0.1) is 19.1 Å². The van der Waals surface area contributed by atoms with Gasteiger partial charge in [0.2, 0.25) is 5.91 Å². The summed E-state index contributed by atoms with van der Waals surface area (Å²) in [6.45, 7) is 8.81. The van der Waals surface area contributed by atoms with Crippen molar-refractivity contribution in [2.75, 3.05) is 13.2 Å². The molecule has 3 rings (SSSR count). The molecule has 1 amide bonds. The number of ether oxygens (including phenoxy) is 1. The molecule has 0 radical (unpaired) electrons. The maximum atomic E-state index is 13.1. The van der Waals surface area contributed by atoms with Gasteiger partial charge in [0.1, 0.15) is 5.69 Å². The van der Waals surface area contributed by atoms with E-state index in [4.69, 9.17) is 4.74 Å². The Bertz CT molecular complexity index is 836. The first kappa shape index (κ1) is 19.1. The number of rotatable bonds is 5. The van der Waals surface area contributed by atoms with E-state index < -0.39 is 5.97 Å². The van der Waals surface area contributed by atoms with Crippen molar-refractivity contribution >= 4 is 11.9 Å². The molecule has 1 aliphatic heterocycles. The number of amides is 1. The Labute approximate surface area is 159 Å². The van der Waals surface area contributed by atoms with Crippen LogP contribution in [0.25, 0.3) is 0 Å². The molecule has 1 atom stereocenters. The summed E-state index contributed by atoms with van der Waals surface area (Å²) in [6.07, 6.45) is 1.98. The molecule has 144 valence electrons. The van der Waals surface area contributed by atoms with Gasteiger partial charge in [-0.25, -0.2) is 4.79 Å². The van der Waals surface area contributed by atoms with Crippen molar-refractivity contribution in [1.29, 1.82) is 0 Å². The topological polar surface area (TPSA) is 88.2 Å². The standard InChI is InChI=1S/C20H26N4O3/c1-5-27-20(26)19-18(21-23-22-19)16-7-6-8-24(16)17(25)11-15-13(3)9-12(2)10-14(15)4/h9-10,16H,5-8,11H2,1-4H3,(H,21,22,23). The molecule has 2 aromatic rings. The molecule has 1 N–H and O–H groups in total. The molecule has 27 heavy (non-hydrogen) atoms. The van der Waals surface area contributed by atoms with E-state index in [1.54, 1.807) is 6.92 Å². The van der Waals surface area contributed by atoms with Crippen molar-refractivity contribution in [1.82, 2.24) is 20.3 Å². The zero-order valence-corrected chi connectivity index (χ0v) is 16.3. The highest BCUT2D eigenvalue weighted by Crippen LogP contribution is 2.33. The second-order valence-corrected chi connectivity index (χ2v) is 7.08. The molecule has 7 nitrogen and oxygen atoms in total. The van der Waals surface area contributed by atoms with Crippen molar-refractivity contribution in [3.8, 4) is 0 Å². The molecular formula is C20H26N4O3. The highest BCUT2D eigenvalue weighted by molar-refractivity contribution is 5.89. The van der Waals surface area contributed by atoms with Gasteiger partial charge in [-0.05, 0) is 57.2 Å². The van der Waals surface area contributed by atoms with Gasteiger partial charge in [-0.3, -0.25) is 4.79 Å². The van der Waals surface area contributed by atoms with Gasteiger partial charge < -0.3 is 9.64 Å². The third-order valence-corrected chi connectivity index (χ3v) is 5.10. The van der Waals surface area contributed by atoms with Crippen LogP contribution in [-0.2, 0) is 16.0 Å². The summed E-state index contributed by atoms with van der Waals surface area (Å²) >= 11 is 0. The van der Waals surface area contributed by atoms with Crippen LogP contribution >= 0.6 is 0 Å². The average molecular weight is 370 g/mol. The zero-order valence-electron chi connectivity index (χ0n) is 16.3. The maximum absolute atomic E-state index is 13.1. The monoisotopic (exact) mass is 370 g/mol. The molecule has 1 aromatic heterocycles. The van der Waals surface area contributed by atoms with E-state index in [0.29, 0.717) is 18.7 Å². The maximum Gasteiger partial charge on any atom is 0.360 e. The van der Waals surface area contributed by atoms with Crippen LogP contribution < -0.4 is 0 Å². The molecule has 2 heterocycles. The summed E-state index contributed by atoms with van der Waals surface area (Å²) in [7, 11) is 0. The van der Waals surface area contributed by atoms with Crippen molar-refractivity contribution in [3.63, 3.8) is 0 Å². The summed E-state index contributed by atoms with van der Waals surface area (Å²) in [5, 5.41) is 10.6. The lowest BCUT2D eigenvalue weighted by Crippen LogP contribution is -2.33. The number of benzene rings is 1. The van der Waals surface area contributed by atoms with Gasteiger partial charge in [-0.1, -0.05) is 17.7 Å². The molecule has 1 fully saturated rings. The Morgan fingerprint density at radius 2 is 1.93 bits per heavy atom. The summed E-state index contributed by atoms with van der Waals surface area (Å²) < 4.78 is 5.06. The molecule has 7 heteroatoms. The van der Waals surface area contributed by atoms with Crippen LogP contribution in [0.1, 0.15) is 64.2 Å². The van der Waals surface area contributed by atoms with Gasteiger partial charge in [-0.15, -0.1) is 5.10 Å². The van der Waals surface area contributed by atoms with Gasteiger partial charge in [0.25, 0.3) is 0 Å². The fraction of sp³-hybridized carbons (Fsp3) is 0.500. The van der Waals surface area contributed by atoms with E-state index in [-0.39, 0.29) is 24.2 Å². The Kier molecular flexibility index (Phi) is 5.58. The van der Waals surface area contributed by atoms with Crippen LogP contribution in [0.3, 0.4) is 0 Å². The van der Waals surface area contributed by atoms with Crippen molar-refractivity contribution in [3.05, 3.63) is 45.8 Å². The molecule has 1 unspecified atom stereocenters. The zero-order chi connectivity index (χ0) is 19.6. The number of likely N-dealkylation sites (tertiary alicyclic amines) is 1. The van der Waals surface area contributed by atoms with E-state index in [1.807, 2.05) is 18.7 Å². The number of aromatic amines is 1. The van der Waals surface area contributed by atoms with Crippen molar-refractivity contribution in [2.24, 2.45) is 0 Å². The molecule has 0 saturated carbocycles. The SMILES string of the molecule is CCOC(=O)c1n[nH]nc1C1CCCN1C(=O)Cc1c(C)cc(C)cc1C. The summed E-state index contributed by atoms with van der Waals surface area (Å²) in [5.41, 5.74) is 5.19. The minimum Gasteiger partial charge on any atom is -0.461 e. The van der Waals surface area contributed by atoms with Gasteiger partial charge in [0.15, 0.2) is 5.69 Å². The number of aryl methyl sites for hydroxylation is 3. The number of hydrogen-bond donors (Lipinski definition) is 1. The Morgan fingerprint density at radius 1 is 1.22 bits per heavy atom. The summed E-state index contributed by atoms with van der Waals surface area (Å²) in [5.74, 6) is -0.462. The number of aromatic nitrogens is 3. The number of H-pyrrole nitrogens is 1. The van der Waals surface area contributed by atoms with Crippen molar-refractivity contribution in [2.45, 2.75) is 53.0 Å². The lowest BCUT2D eigenvalue weighted by Gasteiger charge is -2.24. The third-order valence-electron chi connectivity index (χ3n) is 5.10. The largest absolute Gasteiger partial charge is 0.461 e. The second-order valence-electron chi connectivity index (χ2n) is 7.08. The average Bonchev–Trinajstić information content (AvgIpc) is 3.26. The lowest BCUT2D eigenvalue weighted by atomic mass is 9.96. The van der Waals surface area contributed by atoms with Gasteiger partial charge in [-0.2, -0.15) is 10.3 Å². The molecule has 1 aromatic carbocycles. The molecule has 0 bridgehead atoms. The Balaban J connectivity index is 1.82. The quantitative estimate of drug-likeness (QED) is 0.818. The first-order valence-corrected chi connectivity index (χ1v) is 9.36. The van der Waals surface area contributed by atoms with E-state index >= 15 is 0 Å². The smallest absolute Gasteiger partial charge is 0.360 e. The van der Waals surface area contributed by atoms with Gasteiger partial charge >= 0.3 is 5.97 Å². The first-order chi connectivity index (χ1) is 12.9. The molecule has 0 aliphatic carbocycles. The van der Waals surface area contributed by atoms with Crippen molar-refractivity contribution < 1.29 is 14.3 Å². The van der Waals surface area contributed by atoms with Gasteiger partial charge in [0, 0.05) is 6.54 Å². The number of hydrogen-bond acceptors (Lipinski definition) is 5. The van der Waals surface area contributed by atoms with Crippen LogP contribution in [0.2, 0.25) is 0 Å².